The van der Waals surface area contributed by atoms with Crippen LogP contribution in [0.3, 0.4) is 0 Å². The van der Waals surface area contributed by atoms with Gasteiger partial charge >= 0.3 is 0 Å². The SMILES string of the molecule is CC(C)(C)c1csc(NC(=O)c2cc3cc(C4=CCCCC4)ccc3s2)n1. The van der Waals surface area contributed by atoms with Crippen molar-refractivity contribution >= 4 is 49.4 Å². The van der Waals surface area contributed by atoms with Gasteiger partial charge in [0.1, 0.15) is 0 Å². The summed E-state index contributed by atoms with van der Waals surface area (Å²) in [4.78, 5) is 18.0. The highest BCUT2D eigenvalue weighted by atomic mass is 32.1. The normalized spacial score (nSPS) is 15.0. The zero-order valence-electron chi connectivity index (χ0n) is 16.0. The highest BCUT2D eigenvalue weighted by Gasteiger charge is 2.19. The molecule has 5 heteroatoms. The number of aromatic nitrogens is 1. The fourth-order valence-electron chi connectivity index (χ4n) is 3.29. The third-order valence-corrected chi connectivity index (χ3v) is 6.77. The van der Waals surface area contributed by atoms with Crippen LogP contribution in [0.1, 0.15) is 67.4 Å². The van der Waals surface area contributed by atoms with Crippen LogP contribution in [0.4, 0.5) is 5.13 Å². The van der Waals surface area contributed by atoms with Crippen LogP contribution in [-0.2, 0) is 5.41 Å². The molecule has 0 spiro atoms. The minimum absolute atomic E-state index is 0.0126. The van der Waals surface area contributed by atoms with Crippen molar-refractivity contribution in [1.29, 1.82) is 0 Å². The molecule has 0 saturated heterocycles. The van der Waals surface area contributed by atoms with E-state index in [1.807, 2.05) is 11.4 Å². The van der Waals surface area contributed by atoms with Crippen LogP contribution in [-0.4, -0.2) is 10.9 Å². The third kappa shape index (κ3) is 3.99. The molecule has 0 radical (unpaired) electrons. The van der Waals surface area contributed by atoms with Gasteiger partial charge in [0.2, 0.25) is 0 Å². The average molecular weight is 397 g/mol. The Morgan fingerprint density at radius 3 is 2.74 bits per heavy atom. The van der Waals surface area contributed by atoms with Crippen LogP contribution >= 0.6 is 22.7 Å². The summed E-state index contributed by atoms with van der Waals surface area (Å²) in [7, 11) is 0. The molecule has 0 unspecified atom stereocenters. The Bertz CT molecular complexity index is 1020. The monoisotopic (exact) mass is 396 g/mol. The van der Waals surface area contributed by atoms with E-state index in [2.05, 4.69) is 55.3 Å². The molecule has 1 aliphatic carbocycles. The number of thiazole rings is 1. The van der Waals surface area contributed by atoms with E-state index in [-0.39, 0.29) is 11.3 Å². The average Bonchev–Trinajstić information content (AvgIpc) is 3.28. The van der Waals surface area contributed by atoms with E-state index in [1.54, 1.807) is 0 Å². The molecule has 0 aliphatic heterocycles. The first-order chi connectivity index (χ1) is 12.9. The van der Waals surface area contributed by atoms with E-state index in [4.69, 9.17) is 0 Å². The van der Waals surface area contributed by atoms with Crippen LogP contribution in [0, 0.1) is 0 Å². The zero-order valence-corrected chi connectivity index (χ0v) is 17.6. The summed E-state index contributed by atoms with van der Waals surface area (Å²) in [6, 6.07) is 8.55. The summed E-state index contributed by atoms with van der Waals surface area (Å²) in [6.07, 6.45) is 7.26. The zero-order chi connectivity index (χ0) is 19.0. The van der Waals surface area contributed by atoms with Crippen molar-refractivity contribution in [1.82, 2.24) is 4.98 Å². The van der Waals surface area contributed by atoms with Gasteiger partial charge in [-0.15, -0.1) is 22.7 Å². The molecule has 0 atom stereocenters. The van der Waals surface area contributed by atoms with Crippen molar-refractivity contribution < 1.29 is 4.79 Å². The van der Waals surface area contributed by atoms with Crippen LogP contribution in [0.5, 0.6) is 0 Å². The Hall–Kier alpha value is -1.98. The van der Waals surface area contributed by atoms with Crippen molar-refractivity contribution in [2.45, 2.75) is 51.9 Å². The summed E-state index contributed by atoms with van der Waals surface area (Å²) < 4.78 is 1.15. The fourth-order valence-corrected chi connectivity index (χ4v) is 5.16. The largest absolute Gasteiger partial charge is 0.297 e. The minimum Gasteiger partial charge on any atom is -0.297 e. The number of benzene rings is 1. The molecule has 3 aromatic rings. The molecule has 140 valence electrons. The summed E-state index contributed by atoms with van der Waals surface area (Å²) in [5.41, 5.74) is 3.73. The predicted molar refractivity (Wildman–Crippen MR) is 117 cm³/mol. The molecule has 1 aromatic carbocycles. The van der Waals surface area contributed by atoms with Crippen LogP contribution in [0.25, 0.3) is 15.7 Å². The van der Waals surface area contributed by atoms with Crippen LogP contribution in [0.2, 0.25) is 0 Å². The lowest BCUT2D eigenvalue weighted by Gasteiger charge is -2.14. The second-order valence-corrected chi connectivity index (χ2v) is 10.0. The van der Waals surface area contributed by atoms with Crippen LogP contribution in [0.15, 0.2) is 35.7 Å². The van der Waals surface area contributed by atoms with Gasteiger partial charge < -0.3 is 0 Å². The molecule has 0 bridgehead atoms. The summed E-state index contributed by atoms with van der Waals surface area (Å²) >= 11 is 3.02. The third-order valence-electron chi connectivity index (χ3n) is 4.89. The maximum Gasteiger partial charge on any atom is 0.267 e. The quantitative estimate of drug-likeness (QED) is 0.525. The topological polar surface area (TPSA) is 42.0 Å². The Labute approximate surface area is 168 Å². The van der Waals surface area contributed by atoms with E-state index in [0.29, 0.717) is 5.13 Å². The first-order valence-corrected chi connectivity index (χ1v) is 11.1. The molecular weight excluding hydrogens is 372 g/mol. The maximum atomic E-state index is 12.7. The minimum atomic E-state index is -0.0792. The first kappa shape index (κ1) is 18.4. The molecule has 0 saturated carbocycles. The van der Waals surface area contributed by atoms with Crippen molar-refractivity contribution in [3.05, 3.63) is 51.9 Å². The van der Waals surface area contributed by atoms with Gasteiger partial charge in [-0.25, -0.2) is 4.98 Å². The molecule has 27 heavy (non-hydrogen) atoms. The number of carbonyl (C=O) groups excluding carboxylic acids is 1. The maximum absolute atomic E-state index is 12.7. The number of hydrogen-bond donors (Lipinski definition) is 1. The molecule has 1 N–H and O–H groups in total. The van der Waals surface area contributed by atoms with Gasteiger partial charge in [-0.05, 0) is 60.4 Å². The number of fused-ring (bicyclic) bond motifs is 1. The molecule has 4 rings (SSSR count). The smallest absolute Gasteiger partial charge is 0.267 e. The highest BCUT2D eigenvalue weighted by molar-refractivity contribution is 7.21. The predicted octanol–water partition coefficient (Wildman–Crippen LogP) is 6.87. The lowest BCUT2D eigenvalue weighted by Crippen LogP contribution is -2.13. The Morgan fingerprint density at radius 2 is 2.04 bits per heavy atom. The number of nitrogens with zero attached hydrogens (tertiary/aromatic N) is 1. The van der Waals surface area contributed by atoms with Gasteiger partial charge in [0.15, 0.2) is 5.13 Å². The van der Waals surface area contributed by atoms with Gasteiger partial charge in [0, 0.05) is 15.5 Å². The molecule has 1 amide bonds. The van der Waals surface area contributed by atoms with E-state index >= 15 is 0 Å². The fraction of sp³-hybridized carbons (Fsp3) is 0.364. The molecule has 0 fully saturated rings. The number of anilines is 1. The Morgan fingerprint density at radius 1 is 1.19 bits per heavy atom. The Balaban J connectivity index is 1.55. The highest BCUT2D eigenvalue weighted by Crippen LogP contribution is 2.33. The van der Waals surface area contributed by atoms with Gasteiger partial charge in [-0.3, -0.25) is 10.1 Å². The van der Waals surface area contributed by atoms with Gasteiger partial charge in [-0.2, -0.15) is 0 Å². The van der Waals surface area contributed by atoms with E-state index in [1.165, 1.54) is 53.1 Å². The van der Waals surface area contributed by atoms with E-state index in [0.717, 1.165) is 27.1 Å². The van der Waals surface area contributed by atoms with Crippen LogP contribution < -0.4 is 5.32 Å². The van der Waals surface area contributed by atoms with Crippen molar-refractivity contribution in [3.8, 4) is 0 Å². The molecule has 1 aliphatic rings. The van der Waals surface area contributed by atoms with Gasteiger partial charge in [0.25, 0.3) is 5.91 Å². The Kier molecular flexibility index (Phi) is 4.91. The first-order valence-electron chi connectivity index (χ1n) is 9.40. The number of nitrogens with one attached hydrogen (secondary N) is 1. The molecule has 2 aromatic heterocycles. The summed E-state index contributed by atoms with van der Waals surface area (Å²) in [5, 5.41) is 6.78. The number of amides is 1. The lowest BCUT2D eigenvalue weighted by molar-refractivity contribution is 0.103. The number of rotatable bonds is 3. The molecular formula is C22H24N2OS2. The number of carbonyl (C=O) groups is 1. The van der Waals surface area contributed by atoms with E-state index in [9.17, 15) is 4.79 Å². The lowest BCUT2D eigenvalue weighted by atomic mass is 9.93. The van der Waals surface area contributed by atoms with Crippen molar-refractivity contribution in [3.63, 3.8) is 0 Å². The van der Waals surface area contributed by atoms with Gasteiger partial charge in [-0.1, -0.05) is 32.9 Å². The molecule has 3 nitrogen and oxygen atoms in total. The standard InChI is InChI=1S/C22H24N2OS2/c1-22(2,3)19-13-26-21(23-19)24-20(25)18-12-16-11-15(9-10-17(16)27-18)14-7-5-4-6-8-14/h7,9-13H,4-6,8H2,1-3H3,(H,23,24,25). The number of allylic oxidation sites excluding steroid dienone is 2. The van der Waals surface area contributed by atoms with E-state index < -0.39 is 0 Å². The van der Waals surface area contributed by atoms with Crippen molar-refractivity contribution in [2.24, 2.45) is 0 Å². The second kappa shape index (κ2) is 7.21. The van der Waals surface area contributed by atoms with Gasteiger partial charge in [0.05, 0.1) is 10.6 Å². The molecule has 2 heterocycles. The second-order valence-electron chi connectivity index (χ2n) is 8.08. The number of thiophene rings is 1. The number of hydrogen-bond acceptors (Lipinski definition) is 4. The summed E-state index contributed by atoms with van der Waals surface area (Å²) in [5.74, 6) is -0.0792. The van der Waals surface area contributed by atoms with Crippen molar-refractivity contribution in [2.75, 3.05) is 5.32 Å². The summed E-state index contributed by atoms with van der Waals surface area (Å²) in [6.45, 7) is 6.37.